The SMILES string of the molecule is COc1cc([N+](=O)[O-])cc2sc(NC(=O)c3cncc(Br)c3)nc12. The normalized spacial score (nSPS) is 10.6. The number of aromatic nitrogens is 2. The molecule has 0 saturated carbocycles. The average molecular weight is 409 g/mol. The minimum Gasteiger partial charge on any atom is -0.494 e. The fourth-order valence-corrected chi connectivity index (χ4v) is 3.28. The lowest BCUT2D eigenvalue weighted by Crippen LogP contribution is -2.11. The highest BCUT2D eigenvalue weighted by molar-refractivity contribution is 9.10. The van der Waals surface area contributed by atoms with Crippen molar-refractivity contribution in [2.24, 2.45) is 0 Å². The highest BCUT2D eigenvalue weighted by Gasteiger charge is 2.17. The summed E-state index contributed by atoms with van der Waals surface area (Å²) < 4.78 is 6.37. The van der Waals surface area contributed by atoms with E-state index in [0.717, 1.165) is 11.3 Å². The first-order valence-corrected chi connectivity index (χ1v) is 8.13. The zero-order chi connectivity index (χ0) is 17.3. The van der Waals surface area contributed by atoms with Gasteiger partial charge in [0.05, 0.1) is 28.4 Å². The van der Waals surface area contributed by atoms with Crippen molar-refractivity contribution in [1.82, 2.24) is 9.97 Å². The monoisotopic (exact) mass is 408 g/mol. The Morgan fingerprint density at radius 3 is 2.83 bits per heavy atom. The number of thiazole rings is 1. The largest absolute Gasteiger partial charge is 0.494 e. The second kappa shape index (κ2) is 6.49. The molecule has 0 aliphatic heterocycles. The highest BCUT2D eigenvalue weighted by Crippen LogP contribution is 2.36. The predicted molar refractivity (Wildman–Crippen MR) is 92.7 cm³/mol. The van der Waals surface area contributed by atoms with E-state index in [1.807, 2.05) is 0 Å². The number of hydrogen-bond donors (Lipinski definition) is 1. The molecule has 8 nitrogen and oxygen atoms in total. The van der Waals surface area contributed by atoms with Crippen LogP contribution in [0.2, 0.25) is 0 Å². The van der Waals surface area contributed by atoms with Crippen molar-refractivity contribution >= 4 is 54.2 Å². The summed E-state index contributed by atoms with van der Waals surface area (Å²) in [5.41, 5.74) is 0.717. The summed E-state index contributed by atoms with van der Waals surface area (Å²) in [6, 6.07) is 4.32. The van der Waals surface area contributed by atoms with Crippen LogP contribution in [0.15, 0.2) is 35.1 Å². The number of methoxy groups -OCH3 is 1. The fourth-order valence-electron chi connectivity index (χ4n) is 2.00. The lowest BCUT2D eigenvalue weighted by Gasteiger charge is -2.01. The van der Waals surface area contributed by atoms with Crippen LogP contribution >= 0.6 is 27.3 Å². The summed E-state index contributed by atoms with van der Waals surface area (Å²) in [5, 5.41) is 13.9. The van der Waals surface area contributed by atoms with E-state index in [0.29, 0.717) is 25.4 Å². The number of nitro benzene ring substituents is 1. The van der Waals surface area contributed by atoms with Gasteiger partial charge in [-0.2, -0.15) is 0 Å². The smallest absolute Gasteiger partial charge is 0.274 e. The van der Waals surface area contributed by atoms with Crippen molar-refractivity contribution in [2.75, 3.05) is 12.4 Å². The summed E-state index contributed by atoms with van der Waals surface area (Å²) in [6.45, 7) is 0. The number of halogens is 1. The molecule has 0 aliphatic rings. The van der Waals surface area contributed by atoms with E-state index in [-0.39, 0.29) is 17.3 Å². The van der Waals surface area contributed by atoms with Crippen molar-refractivity contribution in [3.05, 3.63) is 50.7 Å². The molecule has 0 radical (unpaired) electrons. The number of anilines is 1. The summed E-state index contributed by atoms with van der Waals surface area (Å²) in [5.74, 6) is -0.101. The zero-order valence-corrected chi connectivity index (χ0v) is 14.6. The fraction of sp³-hybridized carbons (Fsp3) is 0.0714. The van der Waals surface area contributed by atoms with Crippen LogP contribution in [-0.4, -0.2) is 27.9 Å². The van der Waals surface area contributed by atoms with Crippen molar-refractivity contribution in [2.45, 2.75) is 0 Å². The van der Waals surface area contributed by atoms with E-state index in [4.69, 9.17) is 4.74 Å². The van der Waals surface area contributed by atoms with Crippen molar-refractivity contribution < 1.29 is 14.5 Å². The maximum Gasteiger partial charge on any atom is 0.274 e. The molecule has 3 rings (SSSR count). The van der Waals surface area contributed by atoms with Crippen LogP contribution in [0.25, 0.3) is 10.2 Å². The number of nitro groups is 1. The molecule has 0 saturated heterocycles. The molecule has 0 unspecified atom stereocenters. The Kier molecular flexibility index (Phi) is 4.40. The number of pyridine rings is 1. The van der Waals surface area contributed by atoms with Crippen molar-refractivity contribution in [3.63, 3.8) is 0 Å². The van der Waals surface area contributed by atoms with E-state index in [1.165, 1.54) is 25.4 Å². The first-order chi connectivity index (χ1) is 11.5. The van der Waals surface area contributed by atoms with E-state index in [9.17, 15) is 14.9 Å². The van der Waals surface area contributed by atoms with Gasteiger partial charge in [0.25, 0.3) is 11.6 Å². The quantitative estimate of drug-likeness (QED) is 0.521. The van der Waals surface area contributed by atoms with Crippen LogP contribution in [0, 0.1) is 10.1 Å². The van der Waals surface area contributed by atoms with Crippen LogP contribution in [0.3, 0.4) is 0 Å². The van der Waals surface area contributed by atoms with E-state index in [1.54, 1.807) is 12.3 Å². The minimum atomic E-state index is -0.507. The molecule has 10 heteroatoms. The molecule has 1 amide bonds. The molecular weight excluding hydrogens is 400 g/mol. The molecule has 122 valence electrons. The van der Waals surface area contributed by atoms with Gasteiger partial charge in [-0.1, -0.05) is 11.3 Å². The molecule has 0 bridgehead atoms. The third-order valence-corrected chi connectivity index (χ3v) is 4.41. The number of carbonyl (C=O) groups excluding carboxylic acids is 1. The van der Waals surface area contributed by atoms with Crippen molar-refractivity contribution in [3.8, 4) is 5.75 Å². The first kappa shape index (κ1) is 16.3. The van der Waals surface area contributed by atoms with Gasteiger partial charge in [-0.25, -0.2) is 4.98 Å². The third kappa shape index (κ3) is 3.19. The topological polar surface area (TPSA) is 107 Å². The Labute approximate surface area is 147 Å². The molecule has 0 atom stereocenters. The number of rotatable bonds is 4. The number of fused-ring (bicyclic) bond motifs is 1. The maximum absolute atomic E-state index is 12.2. The Hall–Kier alpha value is -2.59. The Balaban J connectivity index is 1.96. The molecular formula is C14H9BrN4O4S. The summed E-state index contributed by atoms with van der Waals surface area (Å²) >= 11 is 4.37. The van der Waals surface area contributed by atoms with Crippen LogP contribution < -0.4 is 10.1 Å². The molecule has 3 aromatic rings. The second-order valence-electron chi connectivity index (χ2n) is 4.62. The number of carbonyl (C=O) groups is 1. The maximum atomic E-state index is 12.2. The third-order valence-electron chi connectivity index (χ3n) is 3.06. The molecule has 2 heterocycles. The molecule has 0 aliphatic carbocycles. The Morgan fingerprint density at radius 1 is 1.38 bits per heavy atom. The van der Waals surface area contributed by atoms with E-state index < -0.39 is 4.92 Å². The predicted octanol–water partition coefficient (Wildman–Crippen LogP) is 3.62. The van der Waals surface area contributed by atoms with Gasteiger partial charge < -0.3 is 4.74 Å². The van der Waals surface area contributed by atoms with Gasteiger partial charge in [-0.3, -0.25) is 25.2 Å². The average Bonchev–Trinajstić information content (AvgIpc) is 2.96. The number of nitrogens with one attached hydrogen (secondary N) is 1. The number of ether oxygens (including phenoxy) is 1. The Morgan fingerprint density at radius 2 is 2.17 bits per heavy atom. The molecule has 24 heavy (non-hydrogen) atoms. The number of amides is 1. The molecule has 1 aromatic carbocycles. The van der Waals surface area contributed by atoms with Crippen LogP contribution in [0.1, 0.15) is 10.4 Å². The molecule has 0 fully saturated rings. The highest BCUT2D eigenvalue weighted by atomic mass is 79.9. The molecule has 0 spiro atoms. The molecule has 1 N–H and O–H groups in total. The van der Waals surface area contributed by atoms with Gasteiger partial charge in [0.15, 0.2) is 10.9 Å². The number of hydrogen-bond acceptors (Lipinski definition) is 7. The van der Waals surface area contributed by atoms with Gasteiger partial charge in [-0.15, -0.1) is 0 Å². The summed E-state index contributed by atoms with van der Waals surface area (Å²) in [7, 11) is 1.41. The minimum absolute atomic E-state index is 0.0999. The van der Waals surface area contributed by atoms with Crippen LogP contribution in [0.5, 0.6) is 5.75 Å². The van der Waals surface area contributed by atoms with E-state index >= 15 is 0 Å². The van der Waals surface area contributed by atoms with Gasteiger partial charge in [-0.05, 0) is 22.0 Å². The standard InChI is InChI=1S/C14H9BrN4O4S/c1-23-10-3-9(19(21)22)4-11-12(10)17-14(24-11)18-13(20)7-2-8(15)6-16-5-7/h2-6H,1H3,(H,17,18,20). The molecule has 2 aromatic heterocycles. The van der Waals surface area contributed by atoms with Gasteiger partial charge in [0, 0.05) is 22.9 Å². The summed E-state index contributed by atoms with van der Waals surface area (Å²) in [6.07, 6.45) is 3.00. The number of nitrogens with zero attached hydrogens (tertiary/aromatic N) is 3. The van der Waals surface area contributed by atoms with Crippen LogP contribution in [-0.2, 0) is 0 Å². The lowest BCUT2D eigenvalue weighted by molar-refractivity contribution is -0.384. The summed E-state index contributed by atoms with van der Waals surface area (Å²) in [4.78, 5) is 30.9. The zero-order valence-electron chi connectivity index (χ0n) is 12.1. The van der Waals surface area contributed by atoms with Gasteiger partial charge in [0.2, 0.25) is 0 Å². The number of non-ortho nitro benzene ring substituents is 1. The van der Waals surface area contributed by atoms with Crippen molar-refractivity contribution in [1.29, 1.82) is 0 Å². The number of benzene rings is 1. The van der Waals surface area contributed by atoms with E-state index in [2.05, 4.69) is 31.2 Å². The lowest BCUT2D eigenvalue weighted by atomic mass is 10.3. The van der Waals surface area contributed by atoms with Crippen LogP contribution in [0.4, 0.5) is 10.8 Å². The second-order valence-corrected chi connectivity index (χ2v) is 6.56. The first-order valence-electron chi connectivity index (χ1n) is 6.53. The van der Waals surface area contributed by atoms with Gasteiger partial charge >= 0.3 is 0 Å². The van der Waals surface area contributed by atoms with Gasteiger partial charge in [0.1, 0.15) is 5.52 Å². The Bertz CT molecular complexity index is 959.